The maximum absolute atomic E-state index is 13.2. The minimum atomic E-state index is 0.129. The topological polar surface area (TPSA) is 63.7 Å². The molecule has 4 heterocycles. The van der Waals surface area contributed by atoms with Crippen molar-refractivity contribution in [1.29, 1.82) is 0 Å². The fraction of sp³-hybridized carbons (Fsp3) is 0.619. The van der Waals surface area contributed by atoms with Crippen LogP contribution in [0.2, 0.25) is 0 Å². The predicted molar refractivity (Wildman–Crippen MR) is 106 cm³/mol. The van der Waals surface area contributed by atoms with Gasteiger partial charge in [0.05, 0.1) is 18.8 Å². The molecule has 0 radical (unpaired) electrons. The normalized spacial score (nSPS) is 19.3. The fourth-order valence-electron chi connectivity index (χ4n) is 4.43. The van der Waals surface area contributed by atoms with E-state index in [0.29, 0.717) is 5.92 Å². The van der Waals surface area contributed by atoms with Gasteiger partial charge < -0.3 is 14.2 Å². The maximum Gasteiger partial charge on any atom is 0.255 e. The van der Waals surface area contributed by atoms with Gasteiger partial charge in [0.1, 0.15) is 5.76 Å². The number of aromatic nitrogens is 2. The maximum atomic E-state index is 13.2. The summed E-state index contributed by atoms with van der Waals surface area (Å²) in [6, 6.07) is 3.87. The Morgan fingerprint density at radius 2 is 1.82 bits per heavy atom. The summed E-state index contributed by atoms with van der Waals surface area (Å²) >= 11 is 0. The number of morpholine rings is 1. The van der Waals surface area contributed by atoms with E-state index in [1.165, 1.54) is 0 Å². The lowest BCUT2D eigenvalue weighted by Crippen LogP contribution is -2.44. The number of hydrogen-bond donors (Lipinski definition) is 0. The van der Waals surface area contributed by atoms with E-state index in [1.807, 2.05) is 42.4 Å². The summed E-state index contributed by atoms with van der Waals surface area (Å²) in [6.07, 6.45) is 2.15. The molecule has 0 bridgehead atoms. The number of likely N-dealkylation sites (tertiary alicyclic amines) is 1. The molecule has 0 saturated carbocycles. The lowest BCUT2D eigenvalue weighted by molar-refractivity contribution is 0.0243. The molecular weight excluding hydrogens is 356 g/mol. The lowest BCUT2D eigenvalue weighted by atomic mass is 9.95. The molecule has 28 heavy (non-hydrogen) atoms. The van der Waals surface area contributed by atoms with E-state index in [9.17, 15) is 4.79 Å². The molecule has 2 saturated heterocycles. The first kappa shape index (κ1) is 19.2. The van der Waals surface area contributed by atoms with Crippen molar-refractivity contribution < 1.29 is 14.1 Å². The summed E-state index contributed by atoms with van der Waals surface area (Å²) in [5, 5.41) is 4.11. The van der Waals surface area contributed by atoms with Crippen LogP contribution in [0.3, 0.4) is 0 Å². The zero-order chi connectivity index (χ0) is 19.7. The van der Waals surface area contributed by atoms with Crippen molar-refractivity contribution in [2.75, 3.05) is 45.9 Å². The van der Waals surface area contributed by atoms with Gasteiger partial charge >= 0.3 is 0 Å². The number of carbonyl (C=O) groups is 1. The SMILES string of the molecule is Cc1cc(-n2c(C)cc(C(=O)N3CCC(CN4CCOCC4)CC3)c2C)no1. The molecule has 0 N–H and O–H groups in total. The summed E-state index contributed by atoms with van der Waals surface area (Å²) in [4.78, 5) is 17.7. The highest BCUT2D eigenvalue weighted by Crippen LogP contribution is 2.25. The highest BCUT2D eigenvalue weighted by Gasteiger charge is 2.28. The third-order valence-electron chi connectivity index (χ3n) is 6.03. The first-order valence-electron chi connectivity index (χ1n) is 10.2. The molecule has 2 aliphatic rings. The molecule has 0 aromatic carbocycles. The van der Waals surface area contributed by atoms with Crippen LogP contribution in [0.25, 0.3) is 5.82 Å². The standard InChI is InChI=1S/C21H30N4O3/c1-15-12-19(17(3)25(15)20-13-16(2)28-22-20)21(26)24-6-4-18(5-7-24)14-23-8-10-27-11-9-23/h12-13,18H,4-11,14H2,1-3H3. The zero-order valence-corrected chi connectivity index (χ0v) is 17.1. The number of nitrogens with zero attached hydrogens (tertiary/aromatic N) is 4. The van der Waals surface area contributed by atoms with Crippen molar-refractivity contribution in [3.8, 4) is 5.82 Å². The average Bonchev–Trinajstić information content (AvgIpc) is 3.25. The fourth-order valence-corrected chi connectivity index (χ4v) is 4.43. The Labute approximate surface area is 166 Å². The summed E-state index contributed by atoms with van der Waals surface area (Å²) in [5.74, 6) is 2.30. The van der Waals surface area contributed by atoms with Gasteiger partial charge in [-0.25, -0.2) is 0 Å². The monoisotopic (exact) mass is 386 g/mol. The third-order valence-corrected chi connectivity index (χ3v) is 6.03. The van der Waals surface area contributed by atoms with Crippen LogP contribution in [0.15, 0.2) is 16.7 Å². The molecule has 0 spiro atoms. The number of amides is 1. The van der Waals surface area contributed by atoms with Crippen molar-refractivity contribution in [3.63, 3.8) is 0 Å². The molecule has 4 rings (SSSR count). The van der Waals surface area contributed by atoms with Crippen LogP contribution in [0.4, 0.5) is 0 Å². The summed E-state index contributed by atoms with van der Waals surface area (Å²) in [7, 11) is 0. The van der Waals surface area contributed by atoms with Crippen molar-refractivity contribution in [1.82, 2.24) is 19.5 Å². The second-order valence-electron chi connectivity index (χ2n) is 8.06. The third kappa shape index (κ3) is 3.86. The van der Waals surface area contributed by atoms with E-state index < -0.39 is 0 Å². The highest BCUT2D eigenvalue weighted by molar-refractivity contribution is 5.96. The molecule has 2 aliphatic heterocycles. The number of piperidine rings is 1. The Morgan fingerprint density at radius 3 is 2.46 bits per heavy atom. The van der Waals surface area contributed by atoms with Gasteiger partial charge in [-0.3, -0.25) is 14.3 Å². The van der Waals surface area contributed by atoms with Crippen molar-refractivity contribution in [2.45, 2.75) is 33.6 Å². The van der Waals surface area contributed by atoms with E-state index in [4.69, 9.17) is 9.26 Å². The van der Waals surface area contributed by atoms with E-state index in [0.717, 1.165) is 87.3 Å². The van der Waals surface area contributed by atoms with Crippen molar-refractivity contribution in [2.24, 2.45) is 5.92 Å². The number of aryl methyl sites for hydroxylation is 2. The van der Waals surface area contributed by atoms with E-state index in [-0.39, 0.29) is 5.91 Å². The van der Waals surface area contributed by atoms with Gasteiger partial charge in [-0.2, -0.15) is 0 Å². The summed E-state index contributed by atoms with van der Waals surface area (Å²) in [6.45, 7) is 12.4. The minimum Gasteiger partial charge on any atom is -0.379 e. The number of rotatable bonds is 4. The molecule has 7 heteroatoms. The van der Waals surface area contributed by atoms with Crippen LogP contribution < -0.4 is 0 Å². The molecule has 0 atom stereocenters. The Kier molecular flexibility index (Phi) is 5.55. The van der Waals surface area contributed by atoms with Gasteiger partial charge in [-0.05, 0) is 45.6 Å². The minimum absolute atomic E-state index is 0.129. The predicted octanol–water partition coefficient (Wildman–Crippen LogP) is 2.57. The summed E-state index contributed by atoms with van der Waals surface area (Å²) < 4.78 is 12.6. The zero-order valence-electron chi connectivity index (χ0n) is 17.1. The lowest BCUT2D eigenvalue weighted by Gasteiger charge is -2.36. The van der Waals surface area contributed by atoms with Crippen LogP contribution >= 0.6 is 0 Å². The molecule has 2 aromatic rings. The quantitative estimate of drug-likeness (QED) is 0.808. The largest absolute Gasteiger partial charge is 0.379 e. The Bertz CT molecular complexity index is 827. The van der Waals surface area contributed by atoms with E-state index in [1.54, 1.807) is 0 Å². The van der Waals surface area contributed by atoms with Gasteiger partial charge in [0.2, 0.25) is 0 Å². The van der Waals surface area contributed by atoms with Gasteiger partial charge in [0.25, 0.3) is 5.91 Å². The first-order valence-corrected chi connectivity index (χ1v) is 10.2. The highest BCUT2D eigenvalue weighted by atomic mass is 16.5. The molecule has 152 valence electrons. The van der Waals surface area contributed by atoms with Crippen molar-refractivity contribution >= 4 is 5.91 Å². The molecule has 1 amide bonds. The molecular formula is C21H30N4O3. The van der Waals surface area contributed by atoms with Crippen LogP contribution in [0, 0.1) is 26.7 Å². The Hall–Kier alpha value is -2.12. The number of hydrogen-bond acceptors (Lipinski definition) is 5. The van der Waals surface area contributed by atoms with E-state index in [2.05, 4.69) is 10.1 Å². The van der Waals surface area contributed by atoms with Gasteiger partial charge in [0.15, 0.2) is 5.82 Å². The smallest absolute Gasteiger partial charge is 0.255 e. The van der Waals surface area contributed by atoms with Gasteiger partial charge in [0, 0.05) is 50.2 Å². The molecule has 7 nitrogen and oxygen atoms in total. The van der Waals surface area contributed by atoms with E-state index >= 15 is 0 Å². The second kappa shape index (κ2) is 8.09. The molecule has 2 fully saturated rings. The first-order chi connectivity index (χ1) is 13.5. The Morgan fingerprint density at radius 1 is 1.11 bits per heavy atom. The van der Waals surface area contributed by atoms with Crippen LogP contribution in [-0.4, -0.2) is 71.4 Å². The van der Waals surface area contributed by atoms with Crippen LogP contribution in [0.5, 0.6) is 0 Å². The average molecular weight is 386 g/mol. The summed E-state index contributed by atoms with van der Waals surface area (Å²) in [5.41, 5.74) is 2.69. The van der Waals surface area contributed by atoms with Crippen molar-refractivity contribution in [3.05, 3.63) is 34.8 Å². The number of ether oxygens (including phenoxy) is 1. The molecule has 0 unspecified atom stereocenters. The second-order valence-corrected chi connectivity index (χ2v) is 8.06. The number of carbonyl (C=O) groups excluding carboxylic acids is 1. The van der Waals surface area contributed by atoms with Gasteiger partial charge in [-0.1, -0.05) is 5.16 Å². The van der Waals surface area contributed by atoms with Gasteiger partial charge in [-0.15, -0.1) is 0 Å². The molecule has 2 aromatic heterocycles. The molecule has 0 aliphatic carbocycles. The van der Waals surface area contributed by atoms with Crippen LogP contribution in [-0.2, 0) is 4.74 Å². The van der Waals surface area contributed by atoms with Crippen LogP contribution in [0.1, 0.15) is 40.3 Å². The Balaban J connectivity index is 1.40.